The van der Waals surface area contributed by atoms with E-state index in [9.17, 15) is 92.3 Å². The van der Waals surface area contributed by atoms with E-state index in [0.29, 0.717) is 28.0 Å². The van der Waals surface area contributed by atoms with E-state index < -0.39 is 187 Å². The predicted molar refractivity (Wildman–Crippen MR) is 375 cm³/mol. The fraction of sp³-hybridized carbons (Fsp3) is 0.420. The van der Waals surface area contributed by atoms with Crippen LogP contribution in [0.4, 0.5) is 9.59 Å². The van der Waals surface area contributed by atoms with Gasteiger partial charge in [0.2, 0.25) is 41.5 Å². The van der Waals surface area contributed by atoms with Crippen LogP contribution in [-0.2, 0) is 97.7 Å². The average molecular weight is 1500 g/mol. The molecule has 2 aliphatic rings. The van der Waals surface area contributed by atoms with Crippen LogP contribution in [0.2, 0.25) is 0 Å². The number of ether oxygens (including phenoxy) is 3. The van der Waals surface area contributed by atoms with Gasteiger partial charge in [0.1, 0.15) is 55.5 Å². The minimum Gasteiger partial charge on any atom is -0.481 e. The lowest BCUT2D eigenvalue weighted by Crippen LogP contribution is -2.59. The number of carboxylic acids is 5. The first-order chi connectivity index (χ1) is 49.7. The zero-order valence-electron chi connectivity index (χ0n) is 57.3. The molecule has 0 saturated heterocycles. The highest BCUT2D eigenvalue weighted by Gasteiger charge is 2.41. The zero-order chi connectivity index (χ0) is 76.9. The van der Waals surface area contributed by atoms with Gasteiger partial charge in [0.25, 0.3) is 5.56 Å². The van der Waals surface area contributed by atoms with Gasteiger partial charge in [-0.1, -0.05) is 128 Å². The number of carboxylic acid groups (broad SMARTS) is 5. The Kier molecular flexibility index (Phi) is 28.9. The molecule has 3 aromatic carbocycles. The number of benzene rings is 3. The lowest BCUT2D eigenvalue weighted by molar-refractivity contribution is -0.159. The summed E-state index contributed by atoms with van der Waals surface area (Å²) in [5, 5.41) is 67.8. The minimum absolute atomic E-state index is 0.0192. The number of nitrogens with one attached hydrogen (secondary N) is 8. The first-order valence-electron chi connectivity index (χ1n) is 32.9. The first kappa shape index (κ1) is 81.2. The molecule has 0 saturated carbocycles. The fourth-order valence-electron chi connectivity index (χ4n) is 11.5. The van der Waals surface area contributed by atoms with Gasteiger partial charge in [-0.25, -0.2) is 33.8 Å². The number of amides is 8. The molecule has 5 aromatic rings. The number of para-hydroxylation sites is 1. The Morgan fingerprint density at radius 3 is 1.83 bits per heavy atom. The summed E-state index contributed by atoms with van der Waals surface area (Å²) in [5.74, 6) is -14.1. The second kappa shape index (κ2) is 37.3. The fourth-order valence-corrected chi connectivity index (χ4v) is 13.5. The second-order valence-corrected chi connectivity index (χ2v) is 28.7. The van der Waals surface area contributed by atoms with Crippen molar-refractivity contribution < 1.29 is 107 Å². The van der Waals surface area contributed by atoms with E-state index in [2.05, 4.69) is 37.2 Å². The van der Waals surface area contributed by atoms with Gasteiger partial charge in [0, 0.05) is 72.2 Å². The number of fused-ring (bicyclic) bond motifs is 5. The van der Waals surface area contributed by atoms with Crippen LogP contribution in [0.25, 0.3) is 22.3 Å². The summed E-state index contributed by atoms with van der Waals surface area (Å²) < 4.78 is 17.3. The van der Waals surface area contributed by atoms with Gasteiger partial charge in [-0.2, -0.15) is 0 Å². The highest BCUT2D eigenvalue weighted by Crippen LogP contribution is 2.37. The Bertz CT molecular complexity index is 4160. The van der Waals surface area contributed by atoms with E-state index in [0.717, 1.165) is 32.5 Å². The normalized spacial score (nSPS) is 14.9. The number of aromatic nitrogens is 2. The molecule has 34 nitrogen and oxygen atoms in total. The summed E-state index contributed by atoms with van der Waals surface area (Å²) in [6, 6.07) is 15.4. The molecule has 2 aromatic heterocycles. The molecular formula is C69H81N11O23S2. The molecule has 562 valence electrons. The number of esters is 1. The van der Waals surface area contributed by atoms with E-state index >= 15 is 0 Å². The lowest BCUT2D eigenvalue weighted by atomic mass is 9.74. The van der Waals surface area contributed by atoms with Gasteiger partial charge >= 0.3 is 48.0 Å². The molecule has 1 unspecified atom stereocenters. The molecule has 2 aliphatic heterocycles. The highest BCUT2D eigenvalue weighted by molar-refractivity contribution is 8.76. The van der Waals surface area contributed by atoms with Crippen LogP contribution >= 0.6 is 21.6 Å². The zero-order valence-corrected chi connectivity index (χ0v) is 59.0. The van der Waals surface area contributed by atoms with Crippen molar-refractivity contribution in [3.63, 3.8) is 0 Å². The van der Waals surface area contributed by atoms with Crippen molar-refractivity contribution in [3.05, 3.63) is 135 Å². The number of rotatable bonds is 39. The highest BCUT2D eigenvalue weighted by atomic mass is 33.1. The average Bonchev–Trinajstić information content (AvgIpc) is 1.62. The molecule has 15 N–H and O–H groups in total. The second-order valence-electron chi connectivity index (χ2n) is 26.1. The van der Waals surface area contributed by atoms with Crippen molar-refractivity contribution in [1.82, 2.24) is 52.1 Å². The van der Waals surface area contributed by atoms with E-state index in [4.69, 9.17) is 30.0 Å². The van der Waals surface area contributed by atoms with Crippen molar-refractivity contribution in [2.24, 2.45) is 16.6 Å². The number of cyclic esters (lactones) is 1. The molecule has 0 fully saturated rings. The molecule has 7 rings (SSSR count). The van der Waals surface area contributed by atoms with E-state index in [1.807, 2.05) is 35.6 Å². The lowest BCUT2D eigenvalue weighted by Gasteiger charge is -2.35. The van der Waals surface area contributed by atoms with Gasteiger partial charge < -0.3 is 92.6 Å². The maximum absolute atomic E-state index is 14.5. The standard InChI is InChI=1S/C69H81N11O23S2/c1-68(2,35-72-51(81)21-19-44(61(91)92)78-66(99)79-45(62(93)94)20-22-52(82)83)34-69(3,4)65(98)77-47(26-37-15-9-6-10-16-37)58(88)75-46(25-36-13-7-5-8-14-36)57(87)71-30-42(70)56(86)74-48(29-53(84)85)59(89)76-49(63(95)96)33-105-104-24-23-101-67(100)103-55-40-28-50-54-39(27-38-17-11-12-18-43(38)73-54)31-80(50)60(90)41(40)32-102-64(55)97/h5-18,27-28,42,44-49,55H,19-26,29-35,70H2,1-4H3,(H,71,87)(H,72,81)(H,74,86)(H,75,88)(H,76,89)(H,77,98)(H,82,83)(H,84,85)(H,91,92)(H,93,94)(H,95,96)(H2,78,79,99)/t42-,44?,45-,46-,47-,48-,49-,55-/m0/s1. The van der Waals surface area contributed by atoms with Crippen molar-refractivity contribution in [2.75, 3.05) is 31.2 Å². The van der Waals surface area contributed by atoms with Crippen LogP contribution < -0.4 is 53.8 Å². The Morgan fingerprint density at radius 2 is 1.22 bits per heavy atom. The van der Waals surface area contributed by atoms with Gasteiger partial charge in [0.15, 0.2) is 0 Å². The molecule has 4 heterocycles. The number of nitrogens with zero attached hydrogens (tertiary/aromatic N) is 2. The third kappa shape index (κ3) is 24.0. The molecule has 8 amide bonds. The van der Waals surface area contributed by atoms with Crippen LogP contribution in [0, 0.1) is 10.8 Å². The first-order valence-corrected chi connectivity index (χ1v) is 35.4. The third-order valence-corrected chi connectivity index (χ3v) is 19.1. The minimum atomic E-state index is -1.90. The van der Waals surface area contributed by atoms with Crippen LogP contribution in [0.3, 0.4) is 0 Å². The SMILES string of the molecule is CC(C)(CNC(=O)CCC(NC(=O)N[C@@H](CCC(=O)O)C(=O)O)C(=O)O)CC(C)(C)C(=O)N[C@@H](Cc1ccccc1)C(=O)N[C@@H](Cc1ccccc1)C(=O)NC[C@H](N)C(=O)N[C@@H](CC(=O)O)C(=O)N[C@@H](CSSCCOC(=O)O[C@@H]1C(=O)OCc2c1cc1n(c2=O)Cc2cc3ccccc3nc2-1)C(=O)O. The van der Waals surface area contributed by atoms with Crippen LogP contribution in [0.1, 0.15) is 100 Å². The molecule has 105 heavy (non-hydrogen) atoms. The van der Waals surface area contributed by atoms with Crippen molar-refractivity contribution in [2.45, 2.75) is 141 Å². The van der Waals surface area contributed by atoms with Crippen LogP contribution in [0.5, 0.6) is 0 Å². The molecule has 0 radical (unpaired) electrons. The number of aliphatic carboxylic acids is 5. The number of hydrogen-bond acceptors (Lipinski definition) is 22. The number of urea groups is 1. The van der Waals surface area contributed by atoms with Crippen molar-refractivity contribution in [1.29, 1.82) is 0 Å². The predicted octanol–water partition coefficient (Wildman–Crippen LogP) is 1.89. The van der Waals surface area contributed by atoms with E-state index in [-0.39, 0.29) is 68.2 Å². The van der Waals surface area contributed by atoms with Crippen LogP contribution in [0.15, 0.2) is 102 Å². The van der Waals surface area contributed by atoms with Gasteiger partial charge in [0.05, 0.1) is 35.4 Å². The number of hydrogen-bond donors (Lipinski definition) is 14. The van der Waals surface area contributed by atoms with Gasteiger partial charge in [-0.15, -0.1) is 0 Å². The summed E-state index contributed by atoms with van der Waals surface area (Å²) in [6.45, 7) is 5.52. The molecule has 0 spiro atoms. The summed E-state index contributed by atoms with van der Waals surface area (Å²) in [7, 11) is 1.91. The number of nitrogens with two attached hydrogens (primary N) is 1. The molecule has 8 atom stereocenters. The van der Waals surface area contributed by atoms with Gasteiger partial charge in [-0.05, 0) is 54.0 Å². The quantitative estimate of drug-likeness (QED) is 0.0149. The molecule has 0 bridgehead atoms. The maximum Gasteiger partial charge on any atom is 0.509 e. The smallest absolute Gasteiger partial charge is 0.481 e. The summed E-state index contributed by atoms with van der Waals surface area (Å²) in [4.78, 5) is 199. The molecule has 0 aliphatic carbocycles. The number of carbonyl (C=O) groups is 14. The monoisotopic (exact) mass is 1500 g/mol. The Morgan fingerprint density at radius 1 is 0.648 bits per heavy atom. The number of carbonyl (C=O) groups excluding carboxylic acids is 9. The summed E-state index contributed by atoms with van der Waals surface area (Å²) in [6.07, 6.45) is -6.05. The molecule has 36 heteroatoms. The summed E-state index contributed by atoms with van der Waals surface area (Å²) >= 11 is 0. The Hall–Kier alpha value is -11.1. The maximum atomic E-state index is 14.5. The van der Waals surface area contributed by atoms with Gasteiger partial charge in [-0.3, -0.25) is 43.2 Å². The Labute approximate surface area is 607 Å². The Balaban J connectivity index is 0.894. The summed E-state index contributed by atoms with van der Waals surface area (Å²) in [5.41, 5.74) is 7.42. The third-order valence-electron chi connectivity index (χ3n) is 16.7. The molecular weight excluding hydrogens is 1410 g/mol. The topological polar surface area (TPSA) is 525 Å². The van der Waals surface area contributed by atoms with E-state index in [1.165, 1.54) is 4.57 Å². The van der Waals surface area contributed by atoms with Crippen LogP contribution in [-0.4, -0.2) is 192 Å². The van der Waals surface area contributed by atoms with Crippen molar-refractivity contribution in [3.8, 4) is 11.4 Å². The number of pyridine rings is 2. The van der Waals surface area contributed by atoms with E-state index in [1.54, 1.807) is 94.4 Å². The largest absolute Gasteiger partial charge is 0.509 e. The van der Waals surface area contributed by atoms with Crippen molar-refractivity contribution >= 4 is 116 Å².